The third-order valence-corrected chi connectivity index (χ3v) is 5.92. The number of urea groups is 1. The van der Waals surface area contributed by atoms with Crippen molar-refractivity contribution < 1.29 is 31.2 Å². The van der Waals surface area contributed by atoms with Gasteiger partial charge in [-0.15, -0.1) is 0 Å². The Hall–Kier alpha value is -3.95. The number of oxazole rings is 1. The SMILES string of the molecule is O=C(Nc1ccc(F)cc1F)N1CCC[C@@H]1c1nc2cc(-c3ccccc3C(F)(F)F)ccc2o1. The molecule has 5 nitrogen and oxygen atoms in total. The molecule has 0 radical (unpaired) electrons. The number of halogens is 5. The molecular weight excluding hydrogens is 469 g/mol. The van der Waals surface area contributed by atoms with Crippen LogP contribution in [0.25, 0.3) is 22.2 Å². The van der Waals surface area contributed by atoms with Crippen LogP contribution in [-0.4, -0.2) is 22.5 Å². The molecule has 0 spiro atoms. The smallest absolute Gasteiger partial charge is 0.417 e. The number of anilines is 1. The number of carbonyl (C=O) groups is 1. The van der Waals surface area contributed by atoms with Crippen molar-refractivity contribution in [3.8, 4) is 11.1 Å². The lowest BCUT2D eigenvalue weighted by atomic mass is 9.99. The summed E-state index contributed by atoms with van der Waals surface area (Å²) < 4.78 is 73.3. The van der Waals surface area contributed by atoms with Crippen LogP contribution in [0.5, 0.6) is 0 Å². The number of hydrogen-bond donors (Lipinski definition) is 1. The van der Waals surface area contributed by atoms with Gasteiger partial charge in [-0.3, -0.25) is 0 Å². The Labute approximate surface area is 196 Å². The second-order valence-electron chi connectivity index (χ2n) is 8.18. The van der Waals surface area contributed by atoms with Crippen LogP contribution < -0.4 is 5.32 Å². The first kappa shape index (κ1) is 22.8. The van der Waals surface area contributed by atoms with Crippen molar-refractivity contribution in [2.75, 3.05) is 11.9 Å². The lowest BCUT2D eigenvalue weighted by Crippen LogP contribution is -2.34. The number of hydrogen-bond acceptors (Lipinski definition) is 3. The van der Waals surface area contributed by atoms with Crippen LogP contribution in [0, 0.1) is 11.6 Å². The zero-order chi connectivity index (χ0) is 24.7. The largest absolute Gasteiger partial charge is 0.438 e. The van der Waals surface area contributed by atoms with Gasteiger partial charge in [-0.1, -0.05) is 24.3 Å². The summed E-state index contributed by atoms with van der Waals surface area (Å²) in [6, 6.07) is 11.6. The molecule has 0 unspecified atom stereocenters. The van der Waals surface area contributed by atoms with Gasteiger partial charge in [0.1, 0.15) is 23.2 Å². The van der Waals surface area contributed by atoms with E-state index in [1.54, 1.807) is 6.07 Å². The summed E-state index contributed by atoms with van der Waals surface area (Å²) in [5.74, 6) is -1.43. The van der Waals surface area contributed by atoms with Crippen molar-refractivity contribution in [3.63, 3.8) is 0 Å². The number of likely N-dealkylation sites (tertiary alicyclic amines) is 1. The number of nitrogens with one attached hydrogen (secondary N) is 1. The molecule has 1 atom stereocenters. The maximum absolute atomic E-state index is 14.0. The molecule has 1 fully saturated rings. The molecule has 4 aromatic rings. The first-order chi connectivity index (χ1) is 16.7. The van der Waals surface area contributed by atoms with E-state index in [-0.39, 0.29) is 17.1 Å². The molecule has 10 heteroatoms. The molecule has 0 saturated carbocycles. The van der Waals surface area contributed by atoms with Gasteiger partial charge in [0, 0.05) is 12.6 Å². The van der Waals surface area contributed by atoms with Crippen molar-refractivity contribution in [1.29, 1.82) is 0 Å². The average molecular weight is 487 g/mol. The highest BCUT2D eigenvalue weighted by Gasteiger charge is 2.35. The maximum Gasteiger partial charge on any atom is 0.417 e. The van der Waals surface area contributed by atoms with E-state index in [9.17, 15) is 26.7 Å². The number of fused-ring (bicyclic) bond motifs is 1. The number of rotatable bonds is 3. The molecule has 1 aliphatic heterocycles. The number of amides is 2. The van der Waals surface area contributed by atoms with Gasteiger partial charge in [0.05, 0.1) is 11.3 Å². The predicted molar refractivity (Wildman–Crippen MR) is 119 cm³/mol. The zero-order valence-corrected chi connectivity index (χ0v) is 18.1. The topological polar surface area (TPSA) is 58.4 Å². The van der Waals surface area contributed by atoms with E-state index in [1.165, 1.54) is 35.2 Å². The molecule has 1 aliphatic rings. The molecule has 1 saturated heterocycles. The molecule has 0 bridgehead atoms. The van der Waals surface area contributed by atoms with E-state index < -0.39 is 35.4 Å². The highest BCUT2D eigenvalue weighted by molar-refractivity contribution is 5.90. The number of alkyl halides is 3. The molecule has 3 aromatic carbocycles. The van der Waals surface area contributed by atoms with E-state index in [0.29, 0.717) is 42.1 Å². The summed E-state index contributed by atoms with van der Waals surface area (Å²) in [4.78, 5) is 18.7. The van der Waals surface area contributed by atoms with E-state index in [1.807, 2.05) is 0 Å². The van der Waals surface area contributed by atoms with Crippen LogP contribution >= 0.6 is 0 Å². The monoisotopic (exact) mass is 487 g/mol. The summed E-state index contributed by atoms with van der Waals surface area (Å²) in [6.07, 6.45) is -3.33. The van der Waals surface area contributed by atoms with Crippen LogP contribution in [0.1, 0.15) is 30.3 Å². The van der Waals surface area contributed by atoms with Crippen LogP contribution in [0.4, 0.5) is 32.4 Å². The Kier molecular flexibility index (Phi) is 5.66. The van der Waals surface area contributed by atoms with Gasteiger partial charge in [0.2, 0.25) is 5.89 Å². The summed E-state index contributed by atoms with van der Waals surface area (Å²) in [7, 11) is 0. The molecule has 1 aromatic heterocycles. The normalized spacial score (nSPS) is 16.1. The summed E-state index contributed by atoms with van der Waals surface area (Å²) in [5.41, 5.74) is 0.159. The van der Waals surface area contributed by atoms with Crippen LogP contribution in [0.3, 0.4) is 0 Å². The fourth-order valence-corrected chi connectivity index (χ4v) is 4.28. The van der Waals surface area contributed by atoms with Crippen molar-refractivity contribution in [1.82, 2.24) is 9.88 Å². The molecular formula is C25H18F5N3O2. The molecule has 180 valence electrons. The Morgan fingerprint density at radius 1 is 1.06 bits per heavy atom. The van der Waals surface area contributed by atoms with Crippen LogP contribution in [-0.2, 0) is 6.18 Å². The second kappa shape index (κ2) is 8.68. The van der Waals surface area contributed by atoms with Crippen molar-refractivity contribution in [2.24, 2.45) is 0 Å². The van der Waals surface area contributed by atoms with Crippen molar-refractivity contribution in [2.45, 2.75) is 25.1 Å². The van der Waals surface area contributed by atoms with E-state index in [0.717, 1.165) is 18.2 Å². The quantitative estimate of drug-likeness (QED) is 0.312. The second-order valence-corrected chi connectivity index (χ2v) is 8.18. The average Bonchev–Trinajstić information content (AvgIpc) is 3.46. The number of carbonyl (C=O) groups excluding carboxylic acids is 1. The first-order valence-electron chi connectivity index (χ1n) is 10.8. The molecule has 5 rings (SSSR count). The van der Waals surface area contributed by atoms with E-state index in [2.05, 4.69) is 10.3 Å². The number of nitrogens with zero attached hydrogens (tertiary/aromatic N) is 2. The summed E-state index contributed by atoms with van der Waals surface area (Å²) in [6.45, 7) is 0.363. The minimum atomic E-state index is -4.51. The van der Waals surface area contributed by atoms with Gasteiger partial charge < -0.3 is 14.6 Å². The highest BCUT2D eigenvalue weighted by Crippen LogP contribution is 2.39. The van der Waals surface area contributed by atoms with Gasteiger partial charge in [-0.25, -0.2) is 18.6 Å². The maximum atomic E-state index is 14.0. The molecule has 0 aliphatic carbocycles. The number of benzene rings is 3. The van der Waals surface area contributed by atoms with E-state index in [4.69, 9.17) is 4.42 Å². The van der Waals surface area contributed by atoms with Crippen molar-refractivity contribution in [3.05, 3.63) is 83.8 Å². The Morgan fingerprint density at radius 3 is 2.63 bits per heavy atom. The summed E-state index contributed by atoms with van der Waals surface area (Å²) >= 11 is 0. The summed E-state index contributed by atoms with van der Waals surface area (Å²) in [5, 5.41) is 2.43. The third-order valence-electron chi connectivity index (χ3n) is 5.92. The van der Waals surface area contributed by atoms with Crippen LogP contribution in [0.15, 0.2) is 65.1 Å². The Bertz CT molecular complexity index is 1420. The fourth-order valence-electron chi connectivity index (χ4n) is 4.28. The highest BCUT2D eigenvalue weighted by atomic mass is 19.4. The van der Waals surface area contributed by atoms with Gasteiger partial charge >= 0.3 is 12.2 Å². The molecule has 2 amide bonds. The minimum Gasteiger partial charge on any atom is -0.438 e. The lowest BCUT2D eigenvalue weighted by molar-refractivity contribution is -0.137. The Morgan fingerprint density at radius 2 is 1.86 bits per heavy atom. The van der Waals surface area contributed by atoms with Gasteiger partial charge in [0.15, 0.2) is 5.58 Å². The molecule has 35 heavy (non-hydrogen) atoms. The Balaban J connectivity index is 1.43. The van der Waals surface area contributed by atoms with Crippen LogP contribution in [0.2, 0.25) is 0 Å². The first-order valence-corrected chi connectivity index (χ1v) is 10.8. The van der Waals surface area contributed by atoms with Crippen molar-refractivity contribution >= 4 is 22.8 Å². The zero-order valence-electron chi connectivity index (χ0n) is 18.1. The molecule has 1 N–H and O–H groups in total. The molecule has 2 heterocycles. The number of aromatic nitrogens is 1. The standard InChI is InChI=1S/C25H18F5N3O2/c26-15-8-9-19(18(27)13-15)32-24(34)33-11-3-6-21(33)23-31-20-12-14(7-10-22(20)35-23)16-4-1-2-5-17(16)25(28,29)30/h1-2,4-5,7-10,12-13,21H,3,6,11H2,(H,32,34)/t21-/m1/s1. The van der Waals surface area contributed by atoms with Gasteiger partial charge in [-0.2, -0.15) is 13.2 Å². The van der Waals surface area contributed by atoms with Gasteiger partial charge in [-0.05, 0) is 54.3 Å². The lowest BCUT2D eigenvalue weighted by Gasteiger charge is -2.22. The van der Waals surface area contributed by atoms with E-state index >= 15 is 0 Å². The predicted octanol–water partition coefficient (Wildman–Crippen LogP) is 7.16. The van der Waals surface area contributed by atoms with Gasteiger partial charge in [0.25, 0.3) is 0 Å². The minimum absolute atomic E-state index is 0.0228. The third kappa shape index (κ3) is 4.43. The fraction of sp³-hybridized carbons (Fsp3) is 0.200.